The van der Waals surface area contributed by atoms with E-state index in [9.17, 15) is 0 Å². The molecule has 0 unspecified atom stereocenters. The molecule has 0 N–H and O–H groups in total. The number of fused-ring (bicyclic) bond motifs is 6. The molecule has 0 fully saturated rings. The zero-order chi connectivity index (χ0) is 36.3. The lowest BCUT2D eigenvalue weighted by atomic mass is 9.99. The minimum Gasteiger partial charge on any atom is -0.309 e. The van der Waals surface area contributed by atoms with Crippen molar-refractivity contribution in [3.8, 4) is 51.0 Å². The Morgan fingerprint density at radius 1 is 0.309 bits per heavy atom. The van der Waals surface area contributed by atoms with E-state index in [-0.39, 0.29) is 0 Å². The van der Waals surface area contributed by atoms with E-state index >= 15 is 0 Å². The maximum Gasteiger partial charge on any atom is 0.164 e. The van der Waals surface area contributed by atoms with Gasteiger partial charge in [0.2, 0.25) is 0 Å². The fourth-order valence-electron chi connectivity index (χ4n) is 8.16. The Labute approximate surface area is 317 Å². The summed E-state index contributed by atoms with van der Waals surface area (Å²) in [6.07, 6.45) is 0. The molecule has 2 heterocycles. The third kappa shape index (κ3) is 5.26. The summed E-state index contributed by atoms with van der Waals surface area (Å²) in [5.41, 5.74) is 8.59. The monoisotopic (exact) mass is 700 g/mol. The molecule has 9 aromatic carbocycles. The van der Waals surface area contributed by atoms with Crippen LogP contribution < -0.4 is 0 Å². The van der Waals surface area contributed by atoms with E-state index in [0.717, 1.165) is 55.0 Å². The van der Waals surface area contributed by atoms with Gasteiger partial charge in [-0.3, -0.25) is 0 Å². The van der Waals surface area contributed by atoms with Gasteiger partial charge in [-0.1, -0.05) is 158 Å². The summed E-state index contributed by atoms with van der Waals surface area (Å²) in [7, 11) is 0. The second-order valence-corrected chi connectivity index (χ2v) is 14.1. The predicted octanol–water partition coefficient (Wildman–Crippen LogP) is 13.1. The van der Waals surface area contributed by atoms with Gasteiger partial charge in [-0.05, 0) is 74.5 Å². The first-order chi connectivity index (χ1) is 27.2. The molecule has 4 heteroatoms. The number of benzene rings is 9. The van der Waals surface area contributed by atoms with Gasteiger partial charge in [0.25, 0.3) is 0 Å². The standard InChI is InChI=1S/C51H32N4/c1-2-15-35(16-3-1)43-22-12-24-46-48(43)44-21-10-11-23-45(44)55(46)47-32-41(31-38-19-8-9-20-42(38)47)51-53-49(39-27-25-33-13-4-6-17-36(33)29-39)52-50(54-51)40-28-26-34-14-5-7-18-37(34)30-40/h1-32H. The van der Waals surface area contributed by atoms with E-state index in [2.05, 4.69) is 199 Å². The third-order valence-electron chi connectivity index (χ3n) is 10.8. The topological polar surface area (TPSA) is 43.6 Å². The first-order valence-electron chi connectivity index (χ1n) is 18.6. The predicted molar refractivity (Wildman–Crippen MR) is 228 cm³/mol. The summed E-state index contributed by atoms with van der Waals surface area (Å²) in [6.45, 7) is 0. The molecule has 0 aliphatic heterocycles. The van der Waals surface area contributed by atoms with Crippen molar-refractivity contribution in [3.05, 3.63) is 194 Å². The van der Waals surface area contributed by atoms with Gasteiger partial charge < -0.3 is 4.57 Å². The van der Waals surface area contributed by atoms with Crippen LogP contribution in [0.25, 0.3) is 105 Å². The highest BCUT2D eigenvalue weighted by atomic mass is 15.0. The fourth-order valence-corrected chi connectivity index (χ4v) is 8.16. The zero-order valence-electron chi connectivity index (χ0n) is 29.8. The first-order valence-corrected chi connectivity index (χ1v) is 18.6. The maximum atomic E-state index is 5.24. The fraction of sp³-hybridized carbons (Fsp3) is 0. The van der Waals surface area contributed by atoms with Crippen molar-refractivity contribution in [2.24, 2.45) is 0 Å². The van der Waals surface area contributed by atoms with E-state index in [0.29, 0.717) is 17.5 Å². The molecule has 11 rings (SSSR count). The first kappa shape index (κ1) is 31.1. The molecular formula is C51H32N4. The molecule has 2 aromatic heterocycles. The van der Waals surface area contributed by atoms with Crippen LogP contribution in [0.15, 0.2) is 194 Å². The molecule has 0 bridgehead atoms. The molecule has 0 saturated heterocycles. The van der Waals surface area contributed by atoms with Crippen molar-refractivity contribution < 1.29 is 0 Å². The quantitative estimate of drug-likeness (QED) is 0.179. The van der Waals surface area contributed by atoms with Crippen molar-refractivity contribution in [2.75, 3.05) is 0 Å². The summed E-state index contributed by atoms with van der Waals surface area (Å²) >= 11 is 0. The normalized spacial score (nSPS) is 11.6. The van der Waals surface area contributed by atoms with Gasteiger partial charge >= 0.3 is 0 Å². The molecule has 55 heavy (non-hydrogen) atoms. The highest BCUT2D eigenvalue weighted by molar-refractivity contribution is 6.16. The van der Waals surface area contributed by atoms with Gasteiger partial charge in [0.15, 0.2) is 17.5 Å². The van der Waals surface area contributed by atoms with Crippen LogP contribution in [0, 0.1) is 0 Å². The second kappa shape index (κ2) is 12.6. The Kier molecular flexibility index (Phi) is 7.14. The molecule has 256 valence electrons. The van der Waals surface area contributed by atoms with Gasteiger partial charge in [-0.25, -0.2) is 15.0 Å². The van der Waals surface area contributed by atoms with Crippen molar-refractivity contribution in [1.29, 1.82) is 0 Å². The highest BCUT2D eigenvalue weighted by Crippen LogP contribution is 2.41. The summed E-state index contributed by atoms with van der Waals surface area (Å²) in [5, 5.41) is 9.34. The number of rotatable bonds is 5. The lowest BCUT2D eigenvalue weighted by Crippen LogP contribution is -2.02. The summed E-state index contributed by atoms with van der Waals surface area (Å²) < 4.78 is 2.42. The van der Waals surface area contributed by atoms with E-state index in [1.807, 2.05) is 0 Å². The van der Waals surface area contributed by atoms with E-state index in [1.54, 1.807) is 0 Å². The van der Waals surface area contributed by atoms with Crippen LogP contribution in [0.5, 0.6) is 0 Å². The maximum absolute atomic E-state index is 5.24. The molecule has 4 nitrogen and oxygen atoms in total. The van der Waals surface area contributed by atoms with Crippen LogP contribution in [0.1, 0.15) is 0 Å². The molecule has 0 amide bonds. The number of nitrogens with zero attached hydrogens (tertiary/aromatic N) is 4. The van der Waals surface area contributed by atoms with Gasteiger partial charge in [0.05, 0.1) is 16.7 Å². The minimum absolute atomic E-state index is 0.624. The molecule has 0 aliphatic rings. The third-order valence-corrected chi connectivity index (χ3v) is 10.8. The number of hydrogen-bond acceptors (Lipinski definition) is 3. The van der Waals surface area contributed by atoms with Crippen LogP contribution in [0.3, 0.4) is 0 Å². The molecule has 0 radical (unpaired) electrons. The summed E-state index contributed by atoms with van der Waals surface area (Å²) in [6, 6.07) is 68.8. The van der Waals surface area contributed by atoms with E-state index < -0.39 is 0 Å². The van der Waals surface area contributed by atoms with E-state index in [4.69, 9.17) is 15.0 Å². The Morgan fingerprint density at radius 3 is 1.49 bits per heavy atom. The smallest absolute Gasteiger partial charge is 0.164 e. The molecule has 0 atom stereocenters. The Hall–Kier alpha value is -7.43. The van der Waals surface area contributed by atoms with Gasteiger partial charge in [0.1, 0.15) is 0 Å². The lowest BCUT2D eigenvalue weighted by Gasteiger charge is -2.15. The van der Waals surface area contributed by atoms with Gasteiger partial charge in [-0.15, -0.1) is 0 Å². The zero-order valence-corrected chi connectivity index (χ0v) is 29.8. The van der Waals surface area contributed by atoms with Gasteiger partial charge in [-0.2, -0.15) is 0 Å². The Morgan fingerprint density at radius 2 is 0.818 bits per heavy atom. The van der Waals surface area contributed by atoms with Crippen LogP contribution in [-0.2, 0) is 0 Å². The van der Waals surface area contributed by atoms with Crippen LogP contribution in [0.2, 0.25) is 0 Å². The minimum atomic E-state index is 0.624. The number of hydrogen-bond donors (Lipinski definition) is 0. The van der Waals surface area contributed by atoms with Gasteiger partial charge in [0, 0.05) is 32.8 Å². The highest BCUT2D eigenvalue weighted by Gasteiger charge is 2.20. The van der Waals surface area contributed by atoms with Crippen LogP contribution in [-0.4, -0.2) is 19.5 Å². The van der Waals surface area contributed by atoms with Crippen molar-refractivity contribution in [2.45, 2.75) is 0 Å². The molecular weight excluding hydrogens is 669 g/mol. The molecule has 0 saturated carbocycles. The average molecular weight is 701 g/mol. The molecule has 11 aromatic rings. The number of aromatic nitrogens is 4. The lowest BCUT2D eigenvalue weighted by molar-refractivity contribution is 1.07. The van der Waals surface area contributed by atoms with E-state index in [1.165, 1.54) is 32.7 Å². The largest absolute Gasteiger partial charge is 0.309 e. The summed E-state index contributed by atoms with van der Waals surface area (Å²) in [4.78, 5) is 15.6. The second-order valence-electron chi connectivity index (χ2n) is 14.1. The van der Waals surface area contributed by atoms with Crippen molar-refractivity contribution in [3.63, 3.8) is 0 Å². The Bertz CT molecular complexity index is 3170. The van der Waals surface area contributed by atoms with Crippen molar-refractivity contribution in [1.82, 2.24) is 19.5 Å². The molecule has 0 aliphatic carbocycles. The van der Waals surface area contributed by atoms with Crippen LogP contribution >= 0.6 is 0 Å². The SMILES string of the molecule is c1ccc(-c2cccc3c2c2ccccc2n3-c2cc(-c3nc(-c4ccc5ccccc5c4)nc(-c4ccc5ccccc5c4)n3)cc3ccccc23)cc1. The Balaban J connectivity index is 1.18. The van der Waals surface area contributed by atoms with Crippen LogP contribution in [0.4, 0.5) is 0 Å². The molecule has 0 spiro atoms. The van der Waals surface area contributed by atoms with Crippen molar-refractivity contribution >= 4 is 54.1 Å². The average Bonchev–Trinajstić information content (AvgIpc) is 3.60. The summed E-state index contributed by atoms with van der Waals surface area (Å²) in [5.74, 6) is 1.90. The number of para-hydroxylation sites is 1.